The van der Waals surface area contributed by atoms with Crippen LogP contribution in [0.25, 0.3) is 0 Å². The molecule has 1 aromatic heterocycles. The second-order valence-electron chi connectivity index (χ2n) is 5.78. The zero-order valence-corrected chi connectivity index (χ0v) is 15.5. The number of nitrogens with zero attached hydrogens (tertiary/aromatic N) is 2. The van der Waals surface area contributed by atoms with Crippen LogP contribution in [0.3, 0.4) is 0 Å². The first kappa shape index (κ1) is 19.7. The van der Waals surface area contributed by atoms with Crippen molar-refractivity contribution in [1.29, 1.82) is 0 Å². The van der Waals surface area contributed by atoms with Crippen LogP contribution >= 0.6 is 0 Å². The summed E-state index contributed by atoms with van der Waals surface area (Å²) in [6, 6.07) is 9.44. The van der Waals surface area contributed by atoms with E-state index in [0.29, 0.717) is 36.9 Å². The first-order chi connectivity index (χ1) is 12.6. The predicted molar refractivity (Wildman–Crippen MR) is 101 cm³/mol. The van der Waals surface area contributed by atoms with Crippen LogP contribution in [0, 0.1) is 6.92 Å². The van der Waals surface area contributed by atoms with Crippen LogP contribution in [-0.2, 0) is 11.2 Å². The Balaban J connectivity index is 1.91. The molecule has 1 aromatic carbocycles. The van der Waals surface area contributed by atoms with Gasteiger partial charge in [-0.1, -0.05) is 18.2 Å². The van der Waals surface area contributed by atoms with E-state index >= 15 is 0 Å². The smallest absolute Gasteiger partial charge is 0.270 e. The summed E-state index contributed by atoms with van der Waals surface area (Å²) in [4.78, 5) is 20.9. The van der Waals surface area contributed by atoms with Gasteiger partial charge in [0.2, 0.25) is 0 Å². The molecule has 0 aliphatic rings. The van der Waals surface area contributed by atoms with Crippen LogP contribution in [0.4, 0.5) is 5.82 Å². The predicted octanol–water partition coefficient (Wildman–Crippen LogP) is 2.21. The summed E-state index contributed by atoms with van der Waals surface area (Å²) in [6.07, 6.45) is 1.54. The third kappa shape index (κ3) is 6.00. The number of anilines is 1. The molecule has 0 aliphatic heterocycles. The van der Waals surface area contributed by atoms with E-state index in [4.69, 9.17) is 9.47 Å². The maximum Gasteiger partial charge on any atom is 0.270 e. The Kier molecular flexibility index (Phi) is 7.82. The first-order valence-electron chi connectivity index (χ1n) is 8.62. The summed E-state index contributed by atoms with van der Waals surface area (Å²) < 4.78 is 10.3. The van der Waals surface area contributed by atoms with E-state index in [1.165, 1.54) is 0 Å². The van der Waals surface area contributed by atoms with E-state index in [2.05, 4.69) is 20.6 Å². The Morgan fingerprint density at radius 2 is 1.96 bits per heavy atom. The second-order valence-corrected chi connectivity index (χ2v) is 5.78. The van der Waals surface area contributed by atoms with Gasteiger partial charge >= 0.3 is 0 Å². The molecule has 26 heavy (non-hydrogen) atoms. The molecule has 1 amide bonds. The Hall–Kier alpha value is -2.67. The van der Waals surface area contributed by atoms with E-state index < -0.39 is 0 Å². The SMILES string of the molecule is COCCCNc1cc(C(=O)NCCc2ccccc2OC)nc(C)n1. The van der Waals surface area contributed by atoms with Crippen LogP contribution in [0.1, 0.15) is 28.3 Å². The van der Waals surface area contributed by atoms with Crippen LogP contribution in [-0.4, -0.2) is 49.8 Å². The lowest BCUT2D eigenvalue weighted by molar-refractivity contribution is 0.0948. The average molecular weight is 358 g/mol. The number of carbonyl (C=O) groups is 1. The van der Waals surface area contributed by atoms with Crippen LogP contribution < -0.4 is 15.4 Å². The van der Waals surface area contributed by atoms with Gasteiger partial charge in [-0.05, 0) is 31.4 Å². The number of nitrogens with one attached hydrogen (secondary N) is 2. The van der Waals surface area contributed by atoms with Gasteiger partial charge in [0.15, 0.2) is 0 Å². The van der Waals surface area contributed by atoms with Gasteiger partial charge in [0, 0.05) is 32.9 Å². The topological polar surface area (TPSA) is 85.4 Å². The molecule has 0 radical (unpaired) electrons. The lowest BCUT2D eigenvalue weighted by Gasteiger charge is -2.10. The molecular formula is C19H26N4O3. The normalized spacial score (nSPS) is 10.4. The molecule has 0 spiro atoms. The van der Waals surface area contributed by atoms with Crippen molar-refractivity contribution in [2.24, 2.45) is 0 Å². The van der Waals surface area contributed by atoms with Gasteiger partial charge in [-0.25, -0.2) is 9.97 Å². The molecule has 2 N–H and O–H groups in total. The fraction of sp³-hybridized carbons (Fsp3) is 0.421. The summed E-state index contributed by atoms with van der Waals surface area (Å²) in [5, 5.41) is 6.08. The zero-order valence-electron chi connectivity index (χ0n) is 15.5. The molecule has 0 atom stereocenters. The quantitative estimate of drug-likeness (QED) is 0.634. The summed E-state index contributed by atoms with van der Waals surface area (Å²) >= 11 is 0. The second kappa shape index (κ2) is 10.4. The average Bonchev–Trinajstić information content (AvgIpc) is 2.65. The number of rotatable bonds is 10. The van der Waals surface area contributed by atoms with Crippen molar-refractivity contribution < 1.29 is 14.3 Å². The van der Waals surface area contributed by atoms with E-state index in [-0.39, 0.29) is 5.91 Å². The monoisotopic (exact) mass is 358 g/mol. The van der Waals surface area contributed by atoms with Crippen LogP contribution in [0.15, 0.2) is 30.3 Å². The number of hydrogen-bond donors (Lipinski definition) is 2. The Labute approximate surface area is 154 Å². The van der Waals surface area contributed by atoms with Crippen molar-refractivity contribution in [2.45, 2.75) is 19.8 Å². The Morgan fingerprint density at radius 3 is 2.73 bits per heavy atom. The Bertz CT molecular complexity index is 722. The maximum atomic E-state index is 12.4. The minimum absolute atomic E-state index is 0.217. The molecule has 7 nitrogen and oxygen atoms in total. The standard InChI is InChI=1S/C19H26N4O3/c1-14-22-16(13-18(23-14)20-10-6-12-25-2)19(24)21-11-9-15-7-4-5-8-17(15)26-3/h4-5,7-8,13H,6,9-12H2,1-3H3,(H,21,24)(H,20,22,23). The summed E-state index contributed by atoms with van der Waals surface area (Å²) in [5.41, 5.74) is 1.40. The number of ether oxygens (including phenoxy) is 2. The van der Waals surface area contributed by atoms with Gasteiger partial charge in [-0.3, -0.25) is 4.79 Å². The number of para-hydroxylation sites is 1. The summed E-state index contributed by atoms with van der Waals surface area (Å²) in [6.45, 7) is 3.66. The fourth-order valence-corrected chi connectivity index (χ4v) is 2.52. The van der Waals surface area contributed by atoms with Crippen molar-refractivity contribution in [3.8, 4) is 5.75 Å². The number of benzene rings is 1. The third-order valence-corrected chi connectivity index (χ3v) is 3.77. The van der Waals surface area contributed by atoms with Gasteiger partial charge in [0.05, 0.1) is 7.11 Å². The highest BCUT2D eigenvalue weighted by atomic mass is 16.5. The summed E-state index contributed by atoms with van der Waals surface area (Å²) in [5.74, 6) is 1.80. The molecule has 7 heteroatoms. The van der Waals surface area contributed by atoms with Gasteiger partial charge < -0.3 is 20.1 Å². The van der Waals surface area contributed by atoms with Crippen molar-refractivity contribution in [1.82, 2.24) is 15.3 Å². The number of amides is 1. The number of hydrogen-bond acceptors (Lipinski definition) is 6. The zero-order chi connectivity index (χ0) is 18.8. The highest BCUT2D eigenvalue weighted by Crippen LogP contribution is 2.17. The minimum atomic E-state index is -0.217. The van der Waals surface area contributed by atoms with Gasteiger partial charge in [0.25, 0.3) is 5.91 Å². The minimum Gasteiger partial charge on any atom is -0.496 e. The third-order valence-electron chi connectivity index (χ3n) is 3.77. The van der Waals surface area contributed by atoms with E-state index in [1.807, 2.05) is 24.3 Å². The van der Waals surface area contributed by atoms with Gasteiger partial charge in [0.1, 0.15) is 23.1 Å². The Morgan fingerprint density at radius 1 is 1.15 bits per heavy atom. The molecule has 1 heterocycles. The van der Waals surface area contributed by atoms with Gasteiger partial charge in [-0.2, -0.15) is 0 Å². The van der Waals surface area contributed by atoms with E-state index in [1.54, 1.807) is 27.2 Å². The van der Waals surface area contributed by atoms with Crippen molar-refractivity contribution in [3.63, 3.8) is 0 Å². The molecule has 0 unspecified atom stereocenters. The number of aromatic nitrogens is 2. The van der Waals surface area contributed by atoms with Crippen molar-refractivity contribution in [3.05, 3.63) is 47.4 Å². The molecule has 0 fully saturated rings. The molecule has 0 aliphatic carbocycles. The lowest BCUT2D eigenvalue weighted by Crippen LogP contribution is -2.27. The van der Waals surface area contributed by atoms with Crippen molar-refractivity contribution in [2.75, 3.05) is 39.2 Å². The largest absolute Gasteiger partial charge is 0.496 e. The fourth-order valence-electron chi connectivity index (χ4n) is 2.52. The molecule has 0 saturated heterocycles. The molecule has 140 valence electrons. The highest BCUT2D eigenvalue weighted by Gasteiger charge is 2.10. The molecular weight excluding hydrogens is 332 g/mol. The lowest BCUT2D eigenvalue weighted by atomic mass is 10.1. The number of methoxy groups -OCH3 is 2. The summed E-state index contributed by atoms with van der Waals surface area (Å²) in [7, 11) is 3.31. The van der Waals surface area contributed by atoms with Crippen molar-refractivity contribution >= 4 is 11.7 Å². The highest BCUT2D eigenvalue weighted by molar-refractivity contribution is 5.92. The van der Waals surface area contributed by atoms with Gasteiger partial charge in [-0.15, -0.1) is 0 Å². The van der Waals surface area contributed by atoms with E-state index in [0.717, 1.165) is 24.3 Å². The molecule has 0 saturated carbocycles. The number of carbonyl (C=O) groups excluding carboxylic acids is 1. The molecule has 2 rings (SSSR count). The van der Waals surface area contributed by atoms with Crippen LogP contribution in [0.5, 0.6) is 5.75 Å². The molecule has 0 bridgehead atoms. The number of aryl methyl sites for hydroxylation is 1. The van der Waals surface area contributed by atoms with Crippen LogP contribution in [0.2, 0.25) is 0 Å². The maximum absolute atomic E-state index is 12.4. The molecule has 2 aromatic rings. The first-order valence-corrected chi connectivity index (χ1v) is 8.62. The van der Waals surface area contributed by atoms with E-state index in [9.17, 15) is 4.79 Å².